The molecule has 1 amide bonds. The summed E-state index contributed by atoms with van der Waals surface area (Å²) in [5.41, 5.74) is 2.05. The molecule has 1 aliphatic rings. The van der Waals surface area contributed by atoms with Gasteiger partial charge in [-0.3, -0.25) is 4.79 Å². The number of rotatable bonds is 5. The average molecular weight is 326 g/mol. The third-order valence-electron chi connectivity index (χ3n) is 4.26. The summed E-state index contributed by atoms with van der Waals surface area (Å²) in [5.74, 6) is 2.42. The number of ether oxygens (including phenoxy) is 1. The maximum Gasteiger partial charge on any atom is 0.220 e. The number of aromatic nitrogens is 2. The third kappa shape index (κ3) is 3.48. The van der Waals surface area contributed by atoms with Crippen molar-refractivity contribution in [3.05, 3.63) is 47.4 Å². The smallest absolute Gasteiger partial charge is 0.220 e. The molecule has 0 aliphatic carbocycles. The summed E-state index contributed by atoms with van der Waals surface area (Å²) in [5, 5.41) is 3.33. The summed E-state index contributed by atoms with van der Waals surface area (Å²) in [6.45, 7) is 4.94. The van der Waals surface area contributed by atoms with Crippen LogP contribution in [0.15, 0.2) is 30.3 Å². The van der Waals surface area contributed by atoms with Crippen molar-refractivity contribution in [1.29, 1.82) is 0 Å². The van der Waals surface area contributed by atoms with E-state index in [4.69, 9.17) is 4.74 Å². The number of aryl methyl sites for hydroxylation is 1. The molecule has 6 heteroatoms. The zero-order valence-electron chi connectivity index (χ0n) is 14.2. The highest BCUT2D eigenvalue weighted by atomic mass is 16.5. The average Bonchev–Trinajstić information content (AvgIpc) is 2.51. The molecule has 1 atom stereocenters. The first-order valence-electron chi connectivity index (χ1n) is 8.06. The van der Waals surface area contributed by atoms with Gasteiger partial charge in [0.2, 0.25) is 5.91 Å². The fraction of sp³-hybridized carbons (Fsp3) is 0.389. The quantitative estimate of drug-likeness (QED) is 0.915. The number of anilines is 1. The highest BCUT2D eigenvalue weighted by Gasteiger charge is 2.32. The number of nitrogens with zero attached hydrogens (tertiary/aromatic N) is 3. The van der Waals surface area contributed by atoms with Crippen molar-refractivity contribution >= 4 is 11.7 Å². The van der Waals surface area contributed by atoms with Crippen LogP contribution in [0, 0.1) is 6.92 Å². The number of nitrogens with one attached hydrogen (secondary N) is 1. The first-order valence-corrected chi connectivity index (χ1v) is 8.06. The van der Waals surface area contributed by atoms with Gasteiger partial charge in [0.25, 0.3) is 0 Å². The van der Waals surface area contributed by atoms with E-state index in [0.717, 1.165) is 35.8 Å². The summed E-state index contributed by atoms with van der Waals surface area (Å²) in [6, 6.07) is 9.93. The van der Waals surface area contributed by atoms with Crippen molar-refractivity contribution in [2.24, 2.45) is 0 Å². The molecule has 0 saturated carbocycles. The minimum Gasteiger partial charge on any atom is -0.497 e. The zero-order valence-corrected chi connectivity index (χ0v) is 14.2. The predicted molar refractivity (Wildman–Crippen MR) is 91.8 cm³/mol. The Morgan fingerprint density at radius 3 is 2.67 bits per heavy atom. The van der Waals surface area contributed by atoms with E-state index in [0.29, 0.717) is 12.4 Å². The van der Waals surface area contributed by atoms with Crippen LogP contribution in [0.3, 0.4) is 0 Å². The molecule has 24 heavy (non-hydrogen) atoms. The Labute approximate surface area is 141 Å². The van der Waals surface area contributed by atoms with Gasteiger partial charge in [0.05, 0.1) is 18.8 Å². The van der Waals surface area contributed by atoms with Gasteiger partial charge >= 0.3 is 0 Å². The van der Waals surface area contributed by atoms with Gasteiger partial charge in [-0.15, -0.1) is 0 Å². The van der Waals surface area contributed by atoms with E-state index in [1.165, 1.54) is 0 Å². The monoisotopic (exact) mass is 326 g/mol. The lowest BCUT2D eigenvalue weighted by Gasteiger charge is -2.40. The zero-order chi connectivity index (χ0) is 17.1. The number of likely N-dealkylation sites (tertiary alicyclic amines) is 1. The second kappa shape index (κ2) is 6.86. The molecule has 1 fully saturated rings. The van der Waals surface area contributed by atoms with E-state index in [-0.39, 0.29) is 11.9 Å². The van der Waals surface area contributed by atoms with E-state index in [2.05, 4.69) is 15.3 Å². The molecule has 0 bridgehead atoms. The Kier molecular flexibility index (Phi) is 4.64. The summed E-state index contributed by atoms with van der Waals surface area (Å²) in [6.07, 6.45) is 0.952. The largest absolute Gasteiger partial charge is 0.497 e. The summed E-state index contributed by atoms with van der Waals surface area (Å²) in [7, 11) is 1.66. The minimum absolute atomic E-state index is 0.0748. The summed E-state index contributed by atoms with van der Waals surface area (Å²) >= 11 is 0. The van der Waals surface area contributed by atoms with Crippen molar-refractivity contribution in [2.75, 3.05) is 19.0 Å². The molecule has 1 N–H and O–H groups in total. The van der Waals surface area contributed by atoms with Crippen LogP contribution in [-0.2, 0) is 11.3 Å². The summed E-state index contributed by atoms with van der Waals surface area (Å²) < 4.78 is 5.16. The molecule has 6 nitrogen and oxygen atoms in total. The molecule has 0 spiro atoms. The Bertz CT molecular complexity index is 730. The van der Waals surface area contributed by atoms with Crippen LogP contribution in [-0.4, -0.2) is 34.4 Å². The molecule has 1 aromatic heterocycles. The fourth-order valence-corrected chi connectivity index (χ4v) is 2.86. The Hall–Kier alpha value is -2.63. The van der Waals surface area contributed by atoms with Gasteiger partial charge < -0.3 is 15.0 Å². The van der Waals surface area contributed by atoms with Crippen LogP contribution in [0.5, 0.6) is 5.75 Å². The van der Waals surface area contributed by atoms with Crippen LogP contribution in [0.1, 0.15) is 36.5 Å². The molecule has 2 heterocycles. The van der Waals surface area contributed by atoms with E-state index in [1.54, 1.807) is 14.0 Å². The first-order chi connectivity index (χ1) is 11.6. The molecule has 2 aromatic rings. The normalized spacial score (nSPS) is 16.5. The van der Waals surface area contributed by atoms with Crippen LogP contribution < -0.4 is 10.1 Å². The van der Waals surface area contributed by atoms with E-state index in [1.807, 2.05) is 42.2 Å². The molecule has 0 unspecified atom stereocenters. The highest BCUT2D eigenvalue weighted by Crippen LogP contribution is 2.32. The maximum atomic E-state index is 11.6. The molecule has 0 radical (unpaired) electrons. The lowest BCUT2D eigenvalue weighted by atomic mass is 9.99. The number of benzene rings is 1. The van der Waals surface area contributed by atoms with E-state index in [9.17, 15) is 4.79 Å². The lowest BCUT2D eigenvalue weighted by molar-refractivity contribution is -0.136. The second-order valence-corrected chi connectivity index (χ2v) is 5.94. The molecule has 1 saturated heterocycles. The van der Waals surface area contributed by atoms with Gasteiger partial charge in [-0.25, -0.2) is 9.97 Å². The number of carbonyl (C=O) groups is 1. The predicted octanol–water partition coefficient (Wildman–Crippen LogP) is 2.70. The minimum atomic E-state index is 0.0748. The molecular weight excluding hydrogens is 304 g/mol. The van der Waals surface area contributed by atoms with Crippen molar-refractivity contribution in [1.82, 2.24) is 14.9 Å². The topological polar surface area (TPSA) is 67.3 Å². The first kappa shape index (κ1) is 16.2. The highest BCUT2D eigenvalue weighted by molar-refractivity contribution is 5.74. The van der Waals surface area contributed by atoms with Crippen LogP contribution in [0.2, 0.25) is 0 Å². The fourth-order valence-electron chi connectivity index (χ4n) is 2.86. The van der Waals surface area contributed by atoms with Gasteiger partial charge in [0.15, 0.2) is 0 Å². The maximum absolute atomic E-state index is 11.6. The molecule has 1 aromatic carbocycles. The number of hydrogen-bond acceptors (Lipinski definition) is 5. The van der Waals surface area contributed by atoms with Gasteiger partial charge in [0, 0.05) is 26.1 Å². The number of amides is 1. The lowest BCUT2D eigenvalue weighted by Crippen LogP contribution is -2.44. The van der Waals surface area contributed by atoms with Crippen LogP contribution in [0.4, 0.5) is 5.82 Å². The van der Waals surface area contributed by atoms with Crippen molar-refractivity contribution in [2.45, 2.75) is 32.9 Å². The number of carbonyl (C=O) groups excluding carboxylic acids is 1. The van der Waals surface area contributed by atoms with Crippen LogP contribution >= 0.6 is 0 Å². The van der Waals surface area contributed by atoms with Crippen LogP contribution in [0.25, 0.3) is 0 Å². The van der Waals surface area contributed by atoms with Gasteiger partial charge in [0.1, 0.15) is 17.4 Å². The summed E-state index contributed by atoms with van der Waals surface area (Å²) in [4.78, 5) is 22.4. The Morgan fingerprint density at radius 2 is 2.08 bits per heavy atom. The van der Waals surface area contributed by atoms with Crippen molar-refractivity contribution in [3.8, 4) is 5.75 Å². The number of methoxy groups -OCH3 is 1. The molecular formula is C18H22N4O2. The van der Waals surface area contributed by atoms with E-state index < -0.39 is 0 Å². The van der Waals surface area contributed by atoms with Crippen molar-refractivity contribution < 1.29 is 9.53 Å². The van der Waals surface area contributed by atoms with Gasteiger partial charge in [-0.05, 0) is 31.0 Å². The number of hydrogen-bond donors (Lipinski definition) is 1. The third-order valence-corrected chi connectivity index (χ3v) is 4.26. The molecule has 3 rings (SSSR count). The Morgan fingerprint density at radius 1 is 1.33 bits per heavy atom. The van der Waals surface area contributed by atoms with Crippen molar-refractivity contribution in [3.63, 3.8) is 0 Å². The Balaban J connectivity index is 1.70. The van der Waals surface area contributed by atoms with Gasteiger partial charge in [-0.1, -0.05) is 12.1 Å². The SMILES string of the molecule is COc1ccc(CNc2cc([C@H]3CCN3C(C)=O)nc(C)n2)cc1. The molecule has 1 aliphatic heterocycles. The van der Waals surface area contributed by atoms with Gasteiger partial charge in [-0.2, -0.15) is 0 Å². The molecule has 126 valence electrons. The second-order valence-electron chi connectivity index (χ2n) is 5.94. The van der Waals surface area contributed by atoms with E-state index >= 15 is 0 Å². The standard InChI is InChI=1S/C18H22N4O2/c1-12-20-16(17-8-9-22(17)13(2)23)10-18(21-12)19-11-14-4-6-15(24-3)7-5-14/h4-7,10,17H,8-9,11H2,1-3H3,(H,19,20,21)/t17-/m1/s1.